The summed E-state index contributed by atoms with van der Waals surface area (Å²) in [6, 6.07) is 12.8. The lowest BCUT2D eigenvalue weighted by molar-refractivity contribution is 0.247. The fraction of sp³-hybridized carbons (Fsp3) is 0.176. The van der Waals surface area contributed by atoms with Gasteiger partial charge in [0, 0.05) is 7.05 Å². The average Bonchev–Trinajstić information content (AvgIpc) is 3.11. The van der Waals surface area contributed by atoms with Crippen molar-refractivity contribution in [1.29, 1.82) is 0 Å². The van der Waals surface area contributed by atoms with Crippen molar-refractivity contribution in [3.05, 3.63) is 70.0 Å². The zero-order chi connectivity index (χ0) is 16.4. The molecule has 0 spiro atoms. The third-order valence-corrected chi connectivity index (χ3v) is 3.68. The van der Waals surface area contributed by atoms with Crippen LogP contribution in [0.2, 0.25) is 0 Å². The number of hydrogen-bond donors (Lipinski definition) is 1. The number of aliphatic hydroxyl groups is 1. The van der Waals surface area contributed by atoms with E-state index in [2.05, 4.69) is 4.99 Å². The maximum Gasteiger partial charge on any atom is 0.297 e. The molecule has 0 aliphatic carbocycles. The number of aliphatic hydroxyl groups excluding tert-OH is 1. The first-order valence-corrected chi connectivity index (χ1v) is 7.19. The monoisotopic (exact) mass is 311 g/mol. The second-order valence-corrected chi connectivity index (χ2v) is 5.13. The molecule has 0 aliphatic heterocycles. The Hall–Kier alpha value is -2.86. The van der Waals surface area contributed by atoms with Gasteiger partial charge in [-0.25, -0.2) is 9.67 Å². The molecule has 6 heteroatoms. The minimum absolute atomic E-state index is 0.168. The van der Waals surface area contributed by atoms with E-state index < -0.39 is 0 Å². The first-order chi connectivity index (χ1) is 11.1. The number of para-hydroxylation sites is 1. The summed E-state index contributed by atoms with van der Waals surface area (Å²) in [5.74, 6) is 0.945. The Balaban J connectivity index is 2.02. The molecule has 2 heterocycles. The zero-order valence-electron chi connectivity index (χ0n) is 12.9. The lowest BCUT2D eigenvalue weighted by atomic mass is 10.3. The Morgan fingerprint density at radius 2 is 1.96 bits per heavy atom. The second kappa shape index (κ2) is 6.10. The third-order valence-electron chi connectivity index (χ3n) is 3.68. The molecule has 0 saturated heterocycles. The highest BCUT2D eigenvalue weighted by Crippen LogP contribution is 2.17. The topological polar surface area (TPSA) is 72.7 Å². The summed E-state index contributed by atoms with van der Waals surface area (Å²) >= 11 is 0. The quantitative estimate of drug-likeness (QED) is 0.752. The van der Waals surface area contributed by atoms with Crippen LogP contribution in [0.15, 0.2) is 56.7 Å². The average molecular weight is 311 g/mol. The molecule has 0 atom stereocenters. The van der Waals surface area contributed by atoms with Gasteiger partial charge in [-0.2, -0.15) is 0 Å². The van der Waals surface area contributed by atoms with Crippen LogP contribution in [-0.2, 0) is 13.7 Å². The number of nitrogens with zero attached hydrogens (tertiary/aromatic N) is 3. The zero-order valence-corrected chi connectivity index (χ0v) is 12.9. The Kier molecular flexibility index (Phi) is 3.99. The van der Waals surface area contributed by atoms with Gasteiger partial charge in [-0.15, -0.1) is 0 Å². The van der Waals surface area contributed by atoms with Gasteiger partial charge in [-0.1, -0.05) is 18.2 Å². The van der Waals surface area contributed by atoms with Crippen molar-refractivity contribution < 1.29 is 9.52 Å². The Labute approximate surface area is 132 Å². The Morgan fingerprint density at radius 1 is 1.22 bits per heavy atom. The predicted molar refractivity (Wildman–Crippen MR) is 87.6 cm³/mol. The predicted octanol–water partition coefficient (Wildman–Crippen LogP) is 2.32. The molecule has 23 heavy (non-hydrogen) atoms. The van der Waals surface area contributed by atoms with E-state index >= 15 is 0 Å². The van der Waals surface area contributed by atoms with Gasteiger partial charge in [-0.05, 0) is 31.2 Å². The first kappa shape index (κ1) is 15.1. The highest BCUT2D eigenvalue weighted by Gasteiger charge is 2.15. The second-order valence-electron chi connectivity index (χ2n) is 5.13. The van der Waals surface area contributed by atoms with Crippen LogP contribution in [0.3, 0.4) is 0 Å². The molecular weight excluding hydrogens is 294 g/mol. The highest BCUT2D eigenvalue weighted by atomic mass is 16.4. The first-order valence-electron chi connectivity index (χ1n) is 7.19. The van der Waals surface area contributed by atoms with Crippen LogP contribution in [0, 0.1) is 6.92 Å². The summed E-state index contributed by atoms with van der Waals surface area (Å²) < 4.78 is 8.68. The van der Waals surface area contributed by atoms with E-state index in [4.69, 9.17) is 9.52 Å². The number of aliphatic imine (C=N–C) groups is 1. The standard InChI is InChI=1S/C17H17N3O3/c1-12-16(18-10-14-8-9-15(11-21)23-14)17(22)20(19(12)2)13-6-4-3-5-7-13/h3-10,21H,11H2,1-2H3. The van der Waals surface area contributed by atoms with Gasteiger partial charge in [0.25, 0.3) is 5.56 Å². The molecule has 0 fully saturated rings. The van der Waals surface area contributed by atoms with Crippen molar-refractivity contribution >= 4 is 11.9 Å². The van der Waals surface area contributed by atoms with Crippen molar-refractivity contribution in [2.75, 3.05) is 0 Å². The van der Waals surface area contributed by atoms with Crippen molar-refractivity contribution in [3.63, 3.8) is 0 Å². The van der Waals surface area contributed by atoms with E-state index in [1.54, 1.807) is 21.5 Å². The summed E-state index contributed by atoms with van der Waals surface area (Å²) in [5.41, 5.74) is 1.70. The summed E-state index contributed by atoms with van der Waals surface area (Å²) in [6.07, 6.45) is 1.48. The number of furan rings is 1. The summed E-state index contributed by atoms with van der Waals surface area (Å²) in [4.78, 5) is 16.9. The SMILES string of the molecule is Cc1c(N=Cc2ccc(CO)o2)c(=O)n(-c2ccccc2)n1C. The molecule has 0 radical (unpaired) electrons. The molecule has 2 aromatic heterocycles. The molecule has 0 amide bonds. The van der Waals surface area contributed by atoms with Gasteiger partial charge >= 0.3 is 0 Å². The molecule has 1 N–H and O–H groups in total. The molecule has 1 aromatic carbocycles. The molecule has 0 bridgehead atoms. The number of rotatable bonds is 4. The molecule has 0 saturated carbocycles. The van der Waals surface area contributed by atoms with Crippen LogP contribution in [-0.4, -0.2) is 20.7 Å². The molecular formula is C17H17N3O3. The smallest absolute Gasteiger partial charge is 0.297 e. The van der Waals surface area contributed by atoms with Crippen molar-refractivity contribution in [3.8, 4) is 5.69 Å². The van der Waals surface area contributed by atoms with Gasteiger partial charge in [0.2, 0.25) is 0 Å². The summed E-state index contributed by atoms with van der Waals surface area (Å²) in [5, 5.41) is 9.00. The minimum atomic E-state index is -0.193. The van der Waals surface area contributed by atoms with E-state index in [-0.39, 0.29) is 12.2 Å². The van der Waals surface area contributed by atoms with Crippen LogP contribution in [0.4, 0.5) is 5.69 Å². The van der Waals surface area contributed by atoms with E-state index in [1.807, 2.05) is 44.3 Å². The van der Waals surface area contributed by atoms with Crippen LogP contribution in [0.5, 0.6) is 0 Å². The third kappa shape index (κ3) is 2.76. The summed E-state index contributed by atoms with van der Waals surface area (Å²) in [7, 11) is 1.82. The van der Waals surface area contributed by atoms with Gasteiger partial charge in [-0.3, -0.25) is 9.48 Å². The van der Waals surface area contributed by atoms with Gasteiger partial charge in [0.05, 0.1) is 17.6 Å². The number of hydrogen-bond acceptors (Lipinski definition) is 4. The Bertz CT molecular complexity index is 901. The normalized spacial score (nSPS) is 11.4. The maximum atomic E-state index is 12.7. The molecule has 6 nitrogen and oxygen atoms in total. The maximum absolute atomic E-state index is 12.7. The number of aromatic nitrogens is 2. The van der Waals surface area contributed by atoms with Crippen LogP contribution in [0.25, 0.3) is 5.69 Å². The Morgan fingerprint density at radius 3 is 2.61 bits per heavy atom. The molecule has 118 valence electrons. The molecule has 3 rings (SSSR count). The van der Waals surface area contributed by atoms with Gasteiger partial charge in [0.15, 0.2) is 5.69 Å². The number of benzene rings is 1. The van der Waals surface area contributed by atoms with E-state index in [0.29, 0.717) is 17.2 Å². The fourth-order valence-electron chi connectivity index (χ4n) is 2.38. The fourth-order valence-corrected chi connectivity index (χ4v) is 2.38. The largest absolute Gasteiger partial charge is 0.458 e. The van der Waals surface area contributed by atoms with Crippen molar-refractivity contribution in [1.82, 2.24) is 9.36 Å². The van der Waals surface area contributed by atoms with Crippen molar-refractivity contribution in [2.45, 2.75) is 13.5 Å². The lowest BCUT2D eigenvalue weighted by Gasteiger charge is -2.07. The van der Waals surface area contributed by atoms with Gasteiger partial charge in [0.1, 0.15) is 18.1 Å². The highest BCUT2D eigenvalue weighted by molar-refractivity contribution is 5.78. The van der Waals surface area contributed by atoms with E-state index in [0.717, 1.165) is 11.4 Å². The lowest BCUT2D eigenvalue weighted by Crippen LogP contribution is -2.19. The molecule has 3 aromatic rings. The van der Waals surface area contributed by atoms with Crippen LogP contribution < -0.4 is 5.56 Å². The van der Waals surface area contributed by atoms with E-state index in [9.17, 15) is 4.79 Å². The molecule has 0 aliphatic rings. The minimum Gasteiger partial charge on any atom is -0.458 e. The van der Waals surface area contributed by atoms with Gasteiger partial charge < -0.3 is 9.52 Å². The molecule has 0 unspecified atom stereocenters. The summed E-state index contributed by atoms with van der Waals surface area (Å²) in [6.45, 7) is 1.67. The van der Waals surface area contributed by atoms with Crippen LogP contribution >= 0.6 is 0 Å². The van der Waals surface area contributed by atoms with E-state index in [1.165, 1.54) is 6.21 Å². The van der Waals surface area contributed by atoms with Crippen molar-refractivity contribution in [2.24, 2.45) is 12.0 Å². The van der Waals surface area contributed by atoms with Crippen LogP contribution in [0.1, 0.15) is 17.2 Å².